The van der Waals surface area contributed by atoms with E-state index in [1.165, 1.54) is 18.2 Å². The largest absolute Gasteiger partial charge is 0.309 e. The van der Waals surface area contributed by atoms with Gasteiger partial charge in [0.2, 0.25) is 5.91 Å². The molecule has 0 unspecified atom stereocenters. The van der Waals surface area contributed by atoms with Crippen molar-refractivity contribution in [2.75, 3.05) is 23.7 Å². The Morgan fingerprint density at radius 3 is 2.67 bits per heavy atom. The number of nitro groups is 1. The van der Waals surface area contributed by atoms with Crippen molar-refractivity contribution in [3.05, 3.63) is 63.7 Å². The standard InChI is InChI=1S/C18H13N3O5S/c22-15(19-8-9-27-14-7-2-1-5-12(14)19)10-20-17(23)11-4-3-6-13(21(25)26)16(11)18(20)24/h1-7H,8-10H2. The molecule has 0 saturated heterocycles. The second-order valence-electron chi connectivity index (χ2n) is 6.01. The molecule has 0 aromatic heterocycles. The average molecular weight is 383 g/mol. The number of nitrogens with zero attached hydrogens (tertiary/aromatic N) is 3. The summed E-state index contributed by atoms with van der Waals surface area (Å²) < 4.78 is 0. The molecule has 3 amide bonds. The quantitative estimate of drug-likeness (QED) is 0.458. The number of imide groups is 1. The first-order valence-electron chi connectivity index (χ1n) is 8.15. The van der Waals surface area contributed by atoms with Crippen LogP contribution in [0.25, 0.3) is 0 Å². The van der Waals surface area contributed by atoms with E-state index in [0.717, 1.165) is 15.5 Å². The van der Waals surface area contributed by atoms with Crippen molar-refractivity contribution in [1.29, 1.82) is 0 Å². The highest BCUT2D eigenvalue weighted by Gasteiger charge is 2.42. The van der Waals surface area contributed by atoms with Crippen molar-refractivity contribution in [1.82, 2.24) is 4.90 Å². The van der Waals surface area contributed by atoms with Gasteiger partial charge in [-0.25, -0.2) is 0 Å². The molecule has 4 rings (SSSR count). The molecule has 2 heterocycles. The number of para-hydroxylation sites is 1. The maximum atomic E-state index is 12.8. The summed E-state index contributed by atoms with van der Waals surface area (Å²) >= 11 is 1.63. The Balaban J connectivity index is 1.62. The molecular formula is C18H13N3O5S. The number of rotatable bonds is 3. The minimum absolute atomic E-state index is 0.0448. The molecule has 2 aromatic rings. The maximum Gasteiger partial charge on any atom is 0.282 e. The predicted octanol–water partition coefficient (Wildman–Crippen LogP) is 2.33. The molecule has 0 fully saturated rings. The van der Waals surface area contributed by atoms with Gasteiger partial charge >= 0.3 is 0 Å². The zero-order chi connectivity index (χ0) is 19.1. The molecule has 9 heteroatoms. The normalized spacial score (nSPS) is 15.6. The van der Waals surface area contributed by atoms with Crippen LogP contribution in [-0.4, -0.2) is 46.4 Å². The van der Waals surface area contributed by atoms with E-state index in [0.29, 0.717) is 12.3 Å². The van der Waals surface area contributed by atoms with Gasteiger partial charge in [-0.2, -0.15) is 0 Å². The maximum absolute atomic E-state index is 12.8. The molecule has 0 N–H and O–H groups in total. The smallest absolute Gasteiger partial charge is 0.282 e. The zero-order valence-corrected chi connectivity index (χ0v) is 14.8. The third kappa shape index (κ3) is 2.76. The van der Waals surface area contributed by atoms with Crippen molar-refractivity contribution >= 4 is 40.9 Å². The lowest BCUT2D eigenvalue weighted by Gasteiger charge is -2.30. The lowest BCUT2D eigenvalue weighted by Crippen LogP contribution is -2.44. The van der Waals surface area contributed by atoms with Crippen molar-refractivity contribution in [2.24, 2.45) is 0 Å². The number of hydrogen-bond acceptors (Lipinski definition) is 6. The predicted molar refractivity (Wildman–Crippen MR) is 98.0 cm³/mol. The lowest BCUT2D eigenvalue weighted by molar-refractivity contribution is -0.385. The van der Waals surface area contributed by atoms with Crippen molar-refractivity contribution in [3.63, 3.8) is 0 Å². The van der Waals surface area contributed by atoms with Crippen LogP contribution in [-0.2, 0) is 4.79 Å². The molecule has 27 heavy (non-hydrogen) atoms. The van der Waals surface area contributed by atoms with Crippen LogP contribution in [0.5, 0.6) is 0 Å². The lowest BCUT2D eigenvalue weighted by atomic mass is 10.1. The van der Waals surface area contributed by atoms with Gasteiger partial charge in [0, 0.05) is 23.3 Å². The Morgan fingerprint density at radius 2 is 1.89 bits per heavy atom. The van der Waals surface area contributed by atoms with Gasteiger partial charge in [-0.05, 0) is 18.2 Å². The number of nitro benzene ring substituents is 1. The fraction of sp³-hybridized carbons (Fsp3) is 0.167. The van der Waals surface area contributed by atoms with Crippen LogP contribution < -0.4 is 4.90 Å². The Morgan fingerprint density at radius 1 is 1.11 bits per heavy atom. The number of benzene rings is 2. The van der Waals surface area contributed by atoms with Crippen LogP contribution in [0, 0.1) is 10.1 Å². The Labute approximate surface area is 157 Å². The molecule has 8 nitrogen and oxygen atoms in total. The van der Waals surface area contributed by atoms with E-state index in [4.69, 9.17) is 0 Å². The molecule has 0 saturated carbocycles. The average Bonchev–Trinajstić information content (AvgIpc) is 2.92. The Hall–Kier alpha value is -3.20. The van der Waals surface area contributed by atoms with Crippen LogP contribution in [0.3, 0.4) is 0 Å². The van der Waals surface area contributed by atoms with E-state index in [-0.39, 0.29) is 11.1 Å². The summed E-state index contributed by atoms with van der Waals surface area (Å²) in [5.74, 6) is -1.20. The van der Waals surface area contributed by atoms with Gasteiger partial charge in [0.05, 0.1) is 16.2 Å². The van der Waals surface area contributed by atoms with Gasteiger partial charge in [0.1, 0.15) is 12.1 Å². The van der Waals surface area contributed by atoms with Gasteiger partial charge in [0.25, 0.3) is 17.5 Å². The van der Waals surface area contributed by atoms with E-state index in [1.54, 1.807) is 16.7 Å². The van der Waals surface area contributed by atoms with Crippen LogP contribution in [0.2, 0.25) is 0 Å². The summed E-state index contributed by atoms with van der Waals surface area (Å²) in [6.07, 6.45) is 0. The molecule has 0 spiro atoms. The van der Waals surface area contributed by atoms with E-state index >= 15 is 0 Å². The second kappa shape index (κ2) is 6.51. The highest BCUT2D eigenvalue weighted by Crippen LogP contribution is 2.35. The van der Waals surface area contributed by atoms with Crippen molar-refractivity contribution in [3.8, 4) is 0 Å². The van der Waals surface area contributed by atoms with Gasteiger partial charge in [0.15, 0.2) is 0 Å². The molecule has 2 aliphatic rings. The highest BCUT2D eigenvalue weighted by molar-refractivity contribution is 7.99. The van der Waals surface area contributed by atoms with E-state index in [2.05, 4.69) is 0 Å². The Kier molecular flexibility index (Phi) is 4.15. The third-order valence-corrected chi connectivity index (χ3v) is 5.54. The van der Waals surface area contributed by atoms with Gasteiger partial charge in [-0.3, -0.25) is 29.4 Å². The fourth-order valence-electron chi connectivity index (χ4n) is 3.26. The SMILES string of the molecule is O=C1c2cccc([N+](=O)[O-])c2C(=O)N1CC(=O)N1CCSc2ccccc21. The van der Waals surface area contributed by atoms with Gasteiger partial charge in [-0.15, -0.1) is 11.8 Å². The molecule has 2 aliphatic heterocycles. The van der Waals surface area contributed by atoms with E-state index in [1.807, 2.05) is 24.3 Å². The van der Waals surface area contributed by atoms with Crippen LogP contribution in [0.4, 0.5) is 11.4 Å². The summed E-state index contributed by atoms with van der Waals surface area (Å²) in [7, 11) is 0. The highest BCUT2D eigenvalue weighted by atomic mass is 32.2. The molecule has 0 radical (unpaired) electrons. The van der Waals surface area contributed by atoms with Gasteiger partial charge in [-0.1, -0.05) is 18.2 Å². The summed E-state index contributed by atoms with van der Waals surface area (Å²) in [6.45, 7) is 0.00628. The number of amides is 3. The summed E-state index contributed by atoms with van der Waals surface area (Å²) in [6, 6.07) is 11.3. The number of thioether (sulfide) groups is 1. The molecule has 2 aromatic carbocycles. The molecule has 0 bridgehead atoms. The molecule has 0 aliphatic carbocycles. The number of anilines is 1. The summed E-state index contributed by atoms with van der Waals surface area (Å²) in [4.78, 5) is 51.7. The number of carbonyl (C=O) groups is 3. The number of hydrogen-bond donors (Lipinski definition) is 0. The fourth-order valence-corrected chi connectivity index (χ4v) is 4.26. The Bertz CT molecular complexity index is 1010. The monoisotopic (exact) mass is 383 g/mol. The minimum Gasteiger partial charge on any atom is -0.309 e. The summed E-state index contributed by atoms with van der Waals surface area (Å²) in [5, 5.41) is 11.2. The molecule has 136 valence electrons. The number of carbonyl (C=O) groups excluding carboxylic acids is 3. The minimum atomic E-state index is -0.810. The first kappa shape index (κ1) is 17.2. The third-order valence-electron chi connectivity index (χ3n) is 4.50. The van der Waals surface area contributed by atoms with Crippen LogP contribution >= 0.6 is 11.8 Å². The van der Waals surface area contributed by atoms with Crippen molar-refractivity contribution < 1.29 is 19.3 Å². The van der Waals surface area contributed by atoms with Crippen LogP contribution in [0.15, 0.2) is 47.4 Å². The molecule has 0 atom stereocenters. The molecular weight excluding hydrogens is 370 g/mol. The summed E-state index contributed by atoms with van der Waals surface area (Å²) in [5.41, 5.74) is 0.00774. The van der Waals surface area contributed by atoms with Crippen LogP contribution in [0.1, 0.15) is 20.7 Å². The van der Waals surface area contributed by atoms with E-state index in [9.17, 15) is 24.5 Å². The van der Waals surface area contributed by atoms with E-state index < -0.39 is 34.9 Å². The first-order chi connectivity index (χ1) is 13.0. The number of fused-ring (bicyclic) bond motifs is 2. The second-order valence-corrected chi connectivity index (χ2v) is 7.15. The first-order valence-corrected chi connectivity index (χ1v) is 9.13. The van der Waals surface area contributed by atoms with Crippen molar-refractivity contribution in [2.45, 2.75) is 4.90 Å². The van der Waals surface area contributed by atoms with Gasteiger partial charge < -0.3 is 4.90 Å². The zero-order valence-electron chi connectivity index (χ0n) is 14.0. The topological polar surface area (TPSA) is 101 Å².